The maximum absolute atomic E-state index is 13.7. The number of carboxylic acid groups (broad SMARTS) is 2. The summed E-state index contributed by atoms with van der Waals surface area (Å²) in [6.45, 7) is 3.35. The van der Waals surface area contributed by atoms with Crippen molar-refractivity contribution in [1.29, 1.82) is 0 Å². The van der Waals surface area contributed by atoms with Crippen LogP contribution in [0.5, 0.6) is 0 Å². The maximum atomic E-state index is 13.7. The monoisotopic (exact) mass is 498 g/mol. The lowest BCUT2D eigenvalue weighted by molar-refractivity contribution is -0.134. The molecule has 1 aliphatic heterocycles. The highest BCUT2D eigenvalue weighted by molar-refractivity contribution is 6.30. The molecule has 1 aromatic heterocycles. The quantitative estimate of drug-likeness (QED) is 0.399. The van der Waals surface area contributed by atoms with Gasteiger partial charge < -0.3 is 20.1 Å². The number of aromatic nitrogens is 1. The molecule has 8 heteroatoms. The zero-order valence-corrected chi connectivity index (χ0v) is 20.0. The first-order valence-electron chi connectivity index (χ1n) is 11.7. The third-order valence-electron chi connectivity index (χ3n) is 6.86. The smallest absolute Gasteiger partial charge is 0.328 e. The van der Waals surface area contributed by atoms with Crippen LogP contribution < -0.4 is 0 Å². The molecule has 1 unspecified atom stereocenters. The predicted octanol–water partition coefficient (Wildman–Crippen LogP) is 5.58. The molecule has 6 nitrogen and oxygen atoms in total. The summed E-state index contributed by atoms with van der Waals surface area (Å²) < 4.78 is 13.7. The van der Waals surface area contributed by atoms with Gasteiger partial charge in [-0.15, -0.1) is 0 Å². The van der Waals surface area contributed by atoms with Gasteiger partial charge in [-0.25, -0.2) is 14.0 Å². The number of hydrogen-bond acceptors (Lipinski definition) is 3. The summed E-state index contributed by atoms with van der Waals surface area (Å²) in [5, 5.41) is 17.5. The van der Waals surface area contributed by atoms with Gasteiger partial charge in [0.05, 0.1) is 0 Å². The molecule has 0 saturated carbocycles. The molecule has 5 rings (SSSR count). The first-order valence-corrected chi connectivity index (χ1v) is 12.1. The second kappa shape index (κ2) is 11.1. The van der Waals surface area contributed by atoms with Crippen LogP contribution in [0.2, 0.25) is 5.02 Å². The Kier molecular flexibility index (Phi) is 7.88. The first-order chi connectivity index (χ1) is 16.8. The Balaban J connectivity index is 0.000000314. The van der Waals surface area contributed by atoms with Crippen LogP contribution in [0.4, 0.5) is 4.39 Å². The number of aliphatic carboxylic acids is 2. The van der Waals surface area contributed by atoms with Crippen molar-refractivity contribution in [3.63, 3.8) is 0 Å². The van der Waals surface area contributed by atoms with E-state index in [0.717, 1.165) is 48.4 Å². The van der Waals surface area contributed by atoms with Crippen molar-refractivity contribution in [3.05, 3.63) is 82.3 Å². The third-order valence-corrected chi connectivity index (χ3v) is 7.10. The number of nitrogens with one attached hydrogen (secondary N) is 1. The van der Waals surface area contributed by atoms with E-state index in [9.17, 15) is 14.0 Å². The minimum Gasteiger partial charge on any atom is -0.478 e. The number of piperidine rings is 1. The average Bonchev–Trinajstić information content (AvgIpc) is 3.42. The van der Waals surface area contributed by atoms with E-state index in [-0.39, 0.29) is 5.82 Å². The second-order valence-corrected chi connectivity index (χ2v) is 9.53. The van der Waals surface area contributed by atoms with Crippen LogP contribution in [-0.4, -0.2) is 51.7 Å². The number of H-pyrrole nitrogens is 1. The zero-order valence-electron chi connectivity index (χ0n) is 19.2. The van der Waals surface area contributed by atoms with Gasteiger partial charge in [0, 0.05) is 40.8 Å². The number of rotatable bonds is 5. The van der Waals surface area contributed by atoms with Crippen LogP contribution in [0.1, 0.15) is 47.8 Å². The number of benzene rings is 2. The van der Waals surface area contributed by atoms with Crippen LogP contribution in [0.3, 0.4) is 0 Å². The van der Waals surface area contributed by atoms with E-state index in [1.54, 1.807) is 6.07 Å². The zero-order chi connectivity index (χ0) is 24.9. The lowest BCUT2D eigenvalue weighted by Crippen LogP contribution is -2.35. The van der Waals surface area contributed by atoms with Crippen molar-refractivity contribution in [1.82, 2.24) is 9.88 Å². The summed E-state index contributed by atoms with van der Waals surface area (Å²) >= 11 is 6.22. The van der Waals surface area contributed by atoms with Gasteiger partial charge >= 0.3 is 11.9 Å². The van der Waals surface area contributed by atoms with Gasteiger partial charge in [-0.2, -0.15) is 0 Å². The molecule has 184 valence electrons. The van der Waals surface area contributed by atoms with Crippen LogP contribution >= 0.6 is 11.6 Å². The fraction of sp³-hybridized carbons (Fsp3) is 0.333. The van der Waals surface area contributed by atoms with Crippen molar-refractivity contribution < 1.29 is 24.2 Å². The van der Waals surface area contributed by atoms with Crippen LogP contribution in [-0.2, 0) is 16.0 Å². The van der Waals surface area contributed by atoms with E-state index in [4.69, 9.17) is 21.8 Å². The predicted molar refractivity (Wildman–Crippen MR) is 134 cm³/mol. The number of aryl methyl sites for hydroxylation is 1. The molecule has 2 aromatic carbocycles. The summed E-state index contributed by atoms with van der Waals surface area (Å²) in [5.74, 6) is -1.54. The molecule has 3 aromatic rings. The molecular weight excluding hydrogens is 471 g/mol. The minimum atomic E-state index is -1.26. The van der Waals surface area contributed by atoms with Gasteiger partial charge in [0.2, 0.25) is 0 Å². The fourth-order valence-electron chi connectivity index (χ4n) is 5.18. The molecule has 0 radical (unpaired) electrons. The number of aromatic amines is 1. The maximum Gasteiger partial charge on any atom is 0.328 e. The van der Waals surface area contributed by atoms with Gasteiger partial charge in [-0.1, -0.05) is 17.7 Å². The Hall–Kier alpha value is -3.16. The van der Waals surface area contributed by atoms with E-state index in [0.29, 0.717) is 24.0 Å². The van der Waals surface area contributed by atoms with Gasteiger partial charge in [0.15, 0.2) is 0 Å². The van der Waals surface area contributed by atoms with Crippen LogP contribution in [0, 0.1) is 5.82 Å². The van der Waals surface area contributed by atoms with Gasteiger partial charge in [0.25, 0.3) is 0 Å². The molecule has 1 fully saturated rings. The molecule has 35 heavy (non-hydrogen) atoms. The summed E-state index contributed by atoms with van der Waals surface area (Å²) in [5.41, 5.74) is 5.24. The Morgan fingerprint density at radius 2 is 1.74 bits per heavy atom. The molecule has 3 N–H and O–H groups in total. The standard InChI is InChI=1S/C23H24ClFN2.C4H4O4/c24-18-4-3-15-1-2-17(20(15)11-18)14-27-9-7-16(8-10-27)22-13-26-23-6-5-19(25)12-21(22)23;5-3(6)1-2-4(7)8/h3-6,11-13,16-17,26H,1-2,7-10,14H2;1-2H,(H,5,6)(H,7,8)/b;2-1+. The van der Waals surface area contributed by atoms with E-state index in [1.165, 1.54) is 35.6 Å². The van der Waals surface area contributed by atoms with Crippen molar-refractivity contribution in [2.24, 2.45) is 0 Å². The Morgan fingerprint density at radius 1 is 1.03 bits per heavy atom. The lowest BCUT2D eigenvalue weighted by Gasteiger charge is -2.33. The number of nitrogens with zero attached hydrogens (tertiary/aromatic N) is 1. The molecule has 0 bridgehead atoms. The number of halogens is 2. The van der Waals surface area contributed by atoms with Gasteiger partial charge in [0.1, 0.15) is 5.82 Å². The molecule has 1 saturated heterocycles. The fourth-order valence-corrected chi connectivity index (χ4v) is 5.36. The van der Waals surface area contributed by atoms with E-state index < -0.39 is 11.9 Å². The van der Waals surface area contributed by atoms with Crippen LogP contribution in [0.25, 0.3) is 10.9 Å². The largest absolute Gasteiger partial charge is 0.478 e. The van der Waals surface area contributed by atoms with E-state index in [2.05, 4.69) is 28.2 Å². The highest BCUT2D eigenvalue weighted by atomic mass is 35.5. The highest BCUT2D eigenvalue weighted by Crippen LogP contribution is 2.38. The van der Waals surface area contributed by atoms with Gasteiger partial charge in [-0.3, -0.25) is 0 Å². The number of carboxylic acids is 2. The minimum absolute atomic E-state index is 0.153. The number of likely N-dealkylation sites (tertiary alicyclic amines) is 1. The molecule has 0 amide bonds. The molecule has 1 atom stereocenters. The highest BCUT2D eigenvalue weighted by Gasteiger charge is 2.28. The summed E-state index contributed by atoms with van der Waals surface area (Å²) in [4.78, 5) is 25.0. The SMILES string of the molecule is Fc1ccc2[nH]cc(C3CCN(CC4CCc5ccc(Cl)cc54)CC3)c2c1.O=C(O)/C=C/C(=O)O. The van der Waals surface area contributed by atoms with Crippen molar-refractivity contribution in [2.75, 3.05) is 19.6 Å². The number of carbonyl (C=O) groups is 2. The third kappa shape index (κ3) is 6.29. The van der Waals surface area contributed by atoms with Crippen molar-refractivity contribution >= 4 is 34.4 Å². The number of hydrogen-bond donors (Lipinski definition) is 3. The summed E-state index contributed by atoms with van der Waals surface area (Å²) in [7, 11) is 0. The Bertz CT molecular complexity index is 1230. The second-order valence-electron chi connectivity index (χ2n) is 9.10. The number of fused-ring (bicyclic) bond motifs is 2. The van der Waals surface area contributed by atoms with Crippen molar-refractivity contribution in [3.8, 4) is 0 Å². The normalized spacial score (nSPS) is 18.4. The van der Waals surface area contributed by atoms with E-state index in [1.807, 2.05) is 12.1 Å². The Labute approximate surface area is 208 Å². The van der Waals surface area contributed by atoms with Crippen LogP contribution in [0.15, 0.2) is 54.7 Å². The molecule has 2 heterocycles. The lowest BCUT2D eigenvalue weighted by atomic mass is 9.88. The molecule has 2 aliphatic rings. The molecule has 1 aliphatic carbocycles. The summed E-state index contributed by atoms with van der Waals surface area (Å²) in [6.07, 6.45) is 7.88. The van der Waals surface area contributed by atoms with Crippen molar-refractivity contribution in [2.45, 2.75) is 37.5 Å². The average molecular weight is 499 g/mol. The Morgan fingerprint density at radius 3 is 2.43 bits per heavy atom. The van der Waals surface area contributed by atoms with E-state index >= 15 is 0 Å². The molecule has 0 spiro atoms. The first kappa shape index (κ1) is 24.9. The molecular formula is C27H28ClFN2O4. The summed E-state index contributed by atoms with van der Waals surface area (Å²) in [6, 6.07) is 11.4. The van der Waals surface area contributed by atoms with Gasteiger partial charge in [-0.05, 0) is 97.6 Å². The topological polar surface area (TPSA) is 93.6 Å².